The third kappa shape index (κ3) is 3.29. The van der Waals surface area contributed by atoms with Crippen LogP contribution in [0.3, 0.4) is 0 Å². The fourth-order valence-electron chi connectivity index (χ4n) is 4.20. The first-order chi connectivity index (χ1) is 11.3. The second-order valence-corrected chi connectivity index (χ2v) is 6.94. The highest BCUT2D eigenvalue weighted by Gasteiger charge is 2.31. The maximum absolute atomic E-state index is 12.3. The Balaban J connectivity index is 1.31. The fraction of sp³-hybridized carbons (Fsp3) is 0.611. The molecule has 1 saturated heterocycles. The molecule has 2 atom stereocenters. The van der Waals surface area contributed by atoms with E-state index >= 15 is 0 Å². The number of benzene rings is 1. The van der Waals surface area contributed by atoms with Crippen molar-refractivity contribution in [3.63, 3.8) is 0 Å². The average Bonchev–Trinajstić information content (AvgIpc) is 3.02. The Hall–Kier alpha value is -1.75. The zero-order chi connectivity index (χ0) is 15.6. The molecule has 5 heteroatoms. The van der Waals surface area contributed by atoms with Crippen molar-refractivity contribution in [1.82, 2.24) is 4.90 Å². The number of carbonyl (C=O) groups is 1. The van der Waals surface area contributed by atoms with Gasteiger partial charge in [0.25, 0.3) is 0 Å². The number of ether oxygens (including phenoxy) is 2. The highest BCUT2D eigenvalue weighted by Crippen LogP contribution is 2.36. The Kier molecular flexibility index (Phi) is 4.12. The maximum atomic E-state index is 12.3. The summed E-state index contributed by atoms with van der Waals surface area (Å²) in [4.78, 5) is 14.6. The van der Waals surface area contributed by atoms with Gasteiger partial charge in [-0.2, -0.15) is 0 Å². The van der Waals surface area contributed by atoms with E-state index < -0.39 is 0 Å². The molecule has 1 amide bonds. The minimum Gasteiger partial charge on any atom is -0.454 e. The van der Waals surface area contributed by atoms with Crippen LogP contribution >= 0.6 is 0 Å². The molecule has 0 bridgehead atoms. The topological polar surface area (TPSA) is 50.8 Å². The Morgan fingerprint density at radius 3 is 2.87 bits per heavy atom. The highest BCUT2D eigenvalue weighted by molar-refractivity contribution is 5.92. The number of amides is 1. The van der Waals surface area contributed by atoms with Gasteiger partial charge in [0, 0.05) is 18.3 Å². The van der Waals surface area contributed by atoms with E-state index in [-0.39, 0.29) is 12.7 Å². The van der Waals surface area contributed by atoms with Crippen LogP contribution in [-0.4, -0.2) is 37.2 Å². The van der Waals surface area contributed by atoms with Crippen LogP contribution < -0.4 is 14.8 Å². The highest BCUT2D eigenvalue weighted by atomic mass is 16.7. The first-order valence-electron chi connectivity index (χ1n) is 8.70. The minimum atomic E-state index is 0.0538. The molecule has 23 heavy (non-hydrogen) atoms. The molecule has 124 valence electrons. The van der Waals surface area contributed by atoms with Crippen LogP contribution in [0.15, 0.2) is 18.2 Å². The van der Waals surface area contributed by atoms with Crippen LogP contribution in [0.2, 0.25) is 0 Å². The van der Waals surface area contributed by atoms with Crippen molar-refractivity contribution in [2.75, 3.05) is 31.7 Å². The lowest BCUT2D eigenvalue weighted by molar-refractivity contribution is -0.118. The predicted octanol–water partition coefficient (Wildman–Crippen LogP) is 2.87. The Morgan fingerprint density at radius 2 is 1.96 bits per heavy atom. The van der Waals surface area contributed by atoms with Crippen LogP contribution in [0.4, 0.5) is 5.69 Å². The summed E-state index contributed by atoms with van der Waals surface area (Å²) >= 11 is 0. The molecule has 2 fully saturated rings. The molecule has 3 aliphatic rings. The predicted molar refractivity (Wildman–Crippen MR) is 87.7 cm³/mol. The van der Waals surface area contributed by atoms with Crippen molar-refractivity contribution >= 4 is 11.6 Å². The smallest absolute Gasteiger partial charge is 0.238 e. The van der Waals surface area contributed by atoms with Crippen LogP contribution in [0.25, 0.3) is 0 Å². The Morgan fingerprint density at radius 1 is 1.13 bits per heavy atom. The van der Waals surface area contributed by atoms with E-state index in [1.54, 1.807) is 0 Å². The van der Waals surface area contributed by atoms with Gasteiger partial charge in [-0.15, -0.1) is 0 Å². The number of fused-ring (bicyclic) bond motifs is 2. The van der Waals surface area contributed by atoms with Crippen molar-refractivity contribution in [2.45, 2.75) is 32.1 Å². The number of carbonyl (C=O) groups excluding carboxylic acids is 1. The number of piperidine rings is 1. The molecule has 1 N–H and O–H groups in total. The minimum absolute atomic E-state index is 0.0538. The van der Waals surface area contributed by atoms with E-state index in [9.17, 15) is 4.79 Å². The summed E-state index contributed by atoms with van der Waals surface area (Å²) in [6.07, 6.45) is 6.74. The number of nitrogens with zero attached hydrogens (tertiary/aromatic N) is 1. The monoisotopic (exact) mass is 316 g/mol. The summed E-state index contributed by atoms with van der Waals surface area (Å²) in [6, 6.07) is 5.53. The van der Waals surface area contributed by atoms with Gasteiger partial charge >= 0.3 is 0 Å². The molecule has 0 aromatic heterocycles. The summed E-state index contributed by atoms with van der Waals surface area (Å²) in [5.41, 5.74) is 0.770. The van der Waals surface area contributed by atoms with Crippen molar-refractivity contribution in [3.05, 3.63) is 18.2 Å². The van der Waals surface area contributed by atoms with Crippen molar-refractivity contribution in [3.8, 4) is 11.5 Å². The zero-order valence-electron chi connectivity index (χ0n) is 13.4. The molecular weight excluding hydrogens is 292 g/mol. The molecule has 1 aliphatic carbocycles. The van der Waals surface area contributed by atoms with E-state index in [1.165, 1.54) is 32.1 Å². The van der Waals surface area contributed by atoms with Gasteiger partial charge in [0.1, 0.15) is 0 Å². The van der Waals surface area contributed by atoms with Gasteiger partial charge in [-0.3, -0.25) is 9.69 Å². The fourth-order valence-corrected chi connectivity index (χ4v) is 4.20. The number of rotatable bonds is 3. The molecule has 0 spiro atoms. The average molecular weight is 316 g/mol. The third-order valence-corrected chi connectivity index (χ3v) is 5.40. The molecule has 2 heterocycles. The molecule has 0 radical (unpaired) electrons. The second kappa shape index (κ2) is 6.40. The Labute approximate surface area is 136 Å². The quantitative estimate of drug-likeness (QED) is 0.931. The van der Waals surface area contributed by atoms with E-state index in [2.05, 4.69) is 10.2 Å². The van der Waals surface area contributed by atoms with Gasteiger partial charge in [-0.25, -0.2) is 0 Å². The molecule has 5 nitrogen and oxygen atoms in total. The molecule has 1 saturated carbocycles. The normalized spacial score (nSPS) is 26.6. The first kappa shape index (κ1) is 14.8. The lowest BCUT2D eigenvalue weighted by Gasteiger charge is -2.41. The molecule has 1 aromatic rings. The van der Waals surface area contributed by atoms with Gasteiger partial charge in [0.15, 0.2) is 11.5 Å². The van der Waals surface area contributed by atoms with Gasteiger partial charge in [0.2, 0.25) is 12.7 Å². The number of anilines is 1. The van der Waals surface area contributed by atoms with Gasteiger partial charge < -0.3 is 14.8 Å². The number of hydrogen-bond acceptors (Lipinski definition) is 4. The van der Waals surface area contributed by atoms with Gasteiger partial charge in [0.05, 0.1) is 6.54 Å². The van der Waals surface area contributed by atoms with Crippen LogP contribution in [-0.2, 0) is 4.79 Å². The second-order valence-electron chi connectivity index (χ2n) is 6.94. The van der Waals surface area contributed by atoms with Gasteiger partial charge in [-0.1, -0.05) is 19.3 Å². The Bertz CT molecular complexity index is 590. The number of nitrogens with one attached hydrogen (secondary N) is 1. The van der Waals surface area contributed by atoms with Crippen molar-refractivity contribution in [1.29, 1.82) is 0 Å². The standard InChI is InChI=1S/C18H24N2O3/c21-18(19-15-5-6-16-17(9-15)23-12-22-16)11-20-8-7-13-3-1-2-4-14(13)10-20/h5-6,9,13-14H,1-4,7-8,10-12H2,(H,19,21)/t13-,14-/m1/s1. The van der Waals surface area contributed by atoms with Crippen molar-refractivity contribution < 1.29 is 14.3 Å². The lowest BCUT2D eigenvalue weighted by Crippen LogP contribution is -2.44. The van der Waals surface area contributed by atoms with Crippen LogP contribution in [0.5, 0.6) is 11.5 Å². The summed E-state index contributed by atoms with van der Waals surface area (Å²) in [6.45, 7) is 2.87. The number of hydrogen-bond donors (Lipinski definition) is 1. The molecule has 2 aliphatic heterocycles. The maximum Gasteiger partial charge on any atom is 0.238 e. The molecule has 1 aromatic carbocycles. The first-order valence-corrected chi connectivity index (χ1v) is 8.70. The SMILES string of the molecule is O=C(CN1CC[C@H]2CCCC[C@@H]2C1)Nc1ccc2c(c1)OCO2. The zero-order valence-corrected chi connectivity index (χ0v) is 13.4. The summed E-state index contributed by atoms with van der Waals surface area (Å²) in [5, 5.41) is 2.97. The largest absolute Gasteiger partial charge is 0.454 e. The summed E-state index contributed by atoms with van der Waals surface area (Å²) in [7, 11) is 0. The van der Waals surface area contributed by atoms with E-state index in [0.29, 0.717) is 12.3 Å². The summed E-state index contributed by atoms with van der Waals surface area (Å²) in [5.74, 6) is 3.19. The molecule has 0 unspecified atom stereocenters. The number of likely N-dealkylation sites (tertiary alicyclic amines) is 1. The van der Waals surface area contributed by atoms with E-state index in [4.69, 9.17) is 9.47 Å². The molecule has 4 rings (SSSR count). The van der Waals surface area contributed by atoms with E-state index in [1.807, 2.05) is 18.2 Å². The van der Waals surface area contributed by atoms with E-state index in [0.717, 1.165) is 36.4 Å². The summed E-state index contributed by atoms with van der Waals surface area (Å²) < 4.78 is 10.6. The van der Waals surface area contributed by atoms with Gasteiger partial charge in [-0.05, 0) is 43.4 Å². The third-order valence-electron chi connectivity index (χ3n) is 5.40. The van der Waals surface area contributed by atoms with Crippen molar-refractivity contribution in [2.24, 2.45) is 11.8 Å². The molecular formula is C18H24N2O3. The van der Waals surface area contributed by atoms with Crippen LogP contribution in [0, 0.1) is 11.8 Å². The van der Waals surface area contributed by atoms with Crippen LogP contribution in [0.1, 0.15) is 32.1 Å². The lowest BCUT2D eigenvalue weighted by atomic mass is 9.75.